The summed E-state index contributed by atoms with van der Waals surface area (Å²) in [7, 11) is 1.52. The molecule has 0 radical (unpaired) electrons. The summed E-state index contributed by atoms with van der Waals surface area (Å²) in [5.41, 5.74) is 2.05. The second-order valence-electron chi connectivity index (χ2n) is 11.6. The van der Waals surface area contributed by atoms with Gasteiger partial charge in [-0.05, 0) is 85.8 Å². The van der Waals surface area contributed by atoms with Crippen molar-refractivity contribution in [1.29, 1.82) is 0 Å². The molecular weight excluding hydrogens is 500 g/mol. The third kappa shape index (κ3) is 6.38. The van der Waals surface area contributed by atoms with Gasteiger partial charge in [-0.15, -0.1) is 0 Å². The number of hydrogen-bond donors (Lipinski definition) is 3. The zero-order valence-corrected chi connectivity index (χ0v) is 22.9. The Balaban J connectivity index is 1.31. The Kier molecular flexibility index (Phi) is 8.12. The van der Waals surface area contributed by atoms with E-state index < -0.39 is 6.10 Å². The maximum Gasteiger partial charge on any atom is 0.302 e. The molecular formula is C31H40O8. The number of carbonyl (C=O) groups excluding carboxylic acids is 1. The fourth-order valence-corrected chi connectivity index (χ4v) is 6.81. The third-order valence-corrected chi connectivity index (χ3v) is 8.76. The highest BCUT2D eigenvalue weighted by atomic mass is 16.6. The average Bonchev–Trinajstić information content (AvgIpc) is 3.54. The molecule has 2 aromatic rings. The lowest BCUT2D eigenvalue weighted by molar-refractivity contribution is -0.160. The summed E-state index contributed by atoms with van der Waals surface area (Å²) in [5.74, 6) is -0.0658. The van der Waals surface area contributed by atoms with Crippen molar-refractivity contribution in [2.75, 3.05) is 7.11 Å². The van der Waals surface area contributed by atoms with Gasteiger partial charge < -0.3 is 34.3 Å². The summed E-state index contributed by atoms with van der Waals surface area (Å²) in [6.45, 7) is 1.40. The summed E-state index contributed by atoms with van der Waals surface area (Å²) >= 11 is 0. The summed E-state index contributed by atoms with van der Waals surface area (Å²) in [6.07, 6.45) is 9.50. The fraction of sp³-hybridized carbons (Fsp3) is 0.581. The average molecular weight is 541 g/mol. The van der Waals surface area contributed by atoms with Crippen LogP contribution in [0.15, 0.2) is 30.3 Å². The van der Waals surface area contributed by atoms with Crippen LogP contribution in [-0.4, -0.2) is 46.7 Å². The summed E-state index contributed by atoms with van der Waals surface area (Å²) in [5, 5.41) is 31.1. The van der Waals surface area contributed by atoms with Crippen LogP contribution < -0.4 is 9.47 Å². The molecule has 0 aromatic heterocycles. The molecule has 4 atom stereocenters. The zero-order valence-electron chi connectivity index (χ0n) is 22.9. The zero-order chi connectivity index (χ0) is 27.6. The van der Waals surface area contributed by atoms with E-state index in [9.17, 15) is 20.1 Å². The molecule has 3 fully saturated rings. The van der Waals surface area contributed by atoms with Crippen molar-refractivity contribution in [3.8, 4) is 28.7 Å². The van der Waals surface area contributed by atoms with Crippen LogP contribution in [-0.2, 0) is 20.7 Å². The third-order valence-electron chi connectivity index (χ3n) is 8.76. The molecule has 212 valence electrons. The minimum absolute atomic E-state index is 0.0137. The van der Waals surface area contributed by atoms with Crippen molar-refractivity contribution in [2.24, 2.45) is 5.41 Å². The smallest absolute Gasteiger partial charge is 0.302 e. The van der Waals surface area contributed by atoms with Crippen LogP contribution in [0.3, 0.4) is 0 Å². The first-order valence-corrected chi connectivity index (χ1v) is 14.1. The van der Waals surface area contributed by atoms with E-state index in [-0.39, 0.29) is 47.3 Å². The number of phenols is 3. The molecule has 8 heteroatoms. The highest BCUT2D eigenvalue weighted by Gasteiger charge is 2.42. The number of hydrogen-bond acceptors (Lipinski definition) is 8. The topological polar surface area (TPSA) is 115 Å². The van der Waals surface area contributed by atoms with E-state index in [1.54, 1.807) is 18.2 Å². The number of esters is 1. The van der Waals surface area contributed by atoms with Crippen molar-refractivity contribution in [2.45, 2.75) is 102 Å². The van der Waals surface area contributed by atoms with Gasteiger partial charge in [0.25, 0.3) is 0 Å². The second kappa shape index (κ2) is 11.5. The van der Waals surface area contributed by atoms with Crippen LogP contribution in [0, 0.1) is 5.41 Å². The van der Waals surface area contributed by atoms with Crippen molar-refractivity contribution in [3.63, 3.8) is 0 Å². The van der Waals surface area contributed by atoms with E-state index in [4.69, 9.17) is 18.9 Å². The molecule has 39 heavy (non-hydrogen) atoms. The van der Waals surface area contributed by atoms with Gasteiger partial charge in [-0.2, -0.15) is 0 Å². The lowest BCUT2D eigenvalue weighted by atomic mass is 9.85. The largest absolute Gasteiger partial charge is 0.504 e. The van der Waals surface area contributed by atoms with Gasteiger partial charge >= 0.3 is 5.97 Å². The van der Waals surface area contributed by atoms with Crippen LogP contribution in [0.25, 0.3) is 0 Å². The van der Waals surface area contributed by atoms with Crippen LogP contribution in [0.5, 0.6) is 28.7 Å². The highest BCUT2D eigenvalue weighted by molar-refractivity contribution is 5.66. The summed E-state index contributed by atoms with van der Waals surface area (Å²) < 4.78 is 23.6. The molecule has 4 unspecified atom stereocenters. The first-order chi connectivity index (χ1) is 18.7. The Morgan fingerprint density at radius 1 is 1.00 bits per heavy atom. The first kappa shape index (κ1) is 27.4. The molecule has 3 N–H and O–H groups in total. The Hall–Kier alpha value is -3.13. The standard InChI is InChI=1S/C31H40O8/c1-19(32)37-24-16-22(7-5-20-6-8-25(33)28(13-20)36-2)38-27(17-24)21-14-26(34)30(35)29(15-21)39-23-9-12-31(18-23)10-3-4-11-31/h6,8,13-15,22-24,27,33-35H,3-5,7,9-12,16-18H2,1-2H3. The first-order valence-electron chi connectivity index (χ1n) is 14.1. The van der Waals surface area contributed by atoms with Gasteiger partial charge in [0.05, 0.1) is 25.4 Å². The van der Waals surface area contributed by atoms with E-state index >= 15 is 0 Å². The van der Waals surface area contributed by atoms with Gasteiger partial charge in [-0.3, -0.25) is 4.79 Å². The predicted octanol–water partition coefficient (Wildman–Crippen LogP) is 6.09. The van der Waals surface area contributed by atoms with E-state index in [2.05, 4.69) is 0 Å². The molecule has 8 nitrogen and oxygen atoms in total. The Bertz CT molecular complexity index is 1170. The molecule has 5 rings (SSSR count). The lowest BCUT2D eigenvalue weighted by Gasteiger charge is -2.35. The number of carbonyl (C=O) groups is 1. The maximum atomic E-state index is 11.8. The summed E-state index contributed by atoms with van der Waals surface area (Å²) in [6, 6.07) is 8.54. The normalized spacial score (nSPS) is 26.0. The predicted molar refractivity (Wildman–Crippen MR) is 144 cm³/mol. The number of aryl methyl sites for hydroxylation is 1. The lowest BCUT2D eigenvalue weighted by Crippen LogP contribution is -2.34. The van der Waals surface area contributed by atoms with Gasteiger partial charge in [-0.1, -0.05) is 18.9 Å². The Labute approximate surface area is 229 Å². The van der Waals surface area contributed by atoms with Crippen LogP contribution in [0.1, 0.15) is 88.4 Å². The monoisotopic (exact) mass is 540 g/mol. The van der Waals surface area contributed by atoms with E-state index in [1.807, 2.05) is 6.07 Å². The number of ether oxygens (including phenoxy) is 4. The van der Waals surface area contributed by atoms with Crippen molar-refractivity contribution >= 4 is 5.97 Å². The number of methoxy groups -OCH3 is 1. The van der Waals surface area contributed by atoms with Crippen molar-refractivity contribution < 1.29 is 39.1 Å². The molecule has 0 bridgehead atoms. The quantitative estimate of drug-likeness (QED) is 0.272. The number of phenolic OH excluding ortho intramolecular Hbond substituents is 3. The van der Waals surface area contributed by atoms with Crippen LogP contribution >= 0.6 is 0 Å². The van der Waals surface area contributed by atoms with Gasteiger partial charge in [0.1, 0.15) is 6.10 Å². The molecule has 1 spiro atoms. The van der Waals surface area contributed by atoms with Gasteiger partial charge in [-0.25, -0.2) is 0 Å². The maximum absolute atomic E-state index is 11.8. The van der Waals surface area contributed by atoms with Crippen molar-refractivity contribution in [1.82, 2.24) is 0 Å². The van der Waals surface area contributed by atoms with Gasteiger partial charge in [0.15, 0.2) is 23.0 Å². The molecule has 1 aliphatic heterocycles. The number of benzene rings is 2. The molecule has 1 heterocycles. The molecule has 2 aliphatic carbocycles. The second-order valence-corrected chi connectivity index (χ2v) is 11.6. The van der Waals surface area contributed by atoms with Gasteiger partial charge in [0, 0.05) is 19.8 Å². The molecule has 2 aromatic carbocycles. The number of rotatable bonds is 8. The Morgan fingerprint density at radius 3 is 2.54 bits per heavy atom. The van der Waals surface area contributed by atoms with Crippen LogP contribution in [0.2, 0.25) is 0 Å². The fourth-order valence-electron chi connectivity index (χ4n) is 6.81. The van der Waals surface area contributed by atoms with E-state index in [0.717, 1.165) is 24.8 Å². The minimum Gasteiger partial charge on any atom is -0.504 e. The number of aromatic hydroxyl groups is 3. The Morgan fingerprint density at radius 2 is 1.79 bits per heavy atom. The molecule has 0 amide bonds. The molecule has 3 aliphatic rings. The van der Waals surface area contributed by atoms with Crippen LogP contribution in [0.4, 0.5) is 0 Å². The SMILES string of the molecule is COc1cc(CCC2CC(OC(C)=O)CC(c3cc(O)c(O)c(OC4CCC5(CCCC5)C4)c3)O2)ccc1O. The van der Waals surface area contributed by atoms with Gasteiger partial charge in [0.2, 0.25) is 5.75 Å². The summed E-state index contributed by atoms with van der Waals surface area (Å²) in [4.78, 5) is 11.8. The minimum atomic E-state index is -0.443. The molecule has 2 saturated carbocycles. The van der Waals surface area contributed by atoms with E-state index in [0.29, 0.717) is 42.4 Å². The van der Waals surface area contributed by atoms with E-state index in [1.165, 1.54) is 45.8 Å². The molecule has 1 saturated heterocycles. The van der Waals surface area contributed by atoms with Crippen molar-refractivity contribution in [3.05, 3.63) is 41.5 Å². The highest BCUT2D eigenvalue weighted by Crippen LogP contribution is 2.52.